The lowest BCUT2D eigenvalue weighted by molar-refractivity contribution is 0.0252. The van der Waals surface area contributed by atoms with Crippen molar-refractivity contribution in [1.82, 2.24) is 0 Å². The number of carbonyl (C=O) groups is 1. The van der Waals surface area contributed by atoms with E-state index in [0.717, 1.165) is 39.1 Å². The Morgan fingerprint density at radius 3 is 2.06 bits per heavy atom. The molecule has 1 aliphatic heterocycles. The predicted molar refractivity (Wildman–Crippen MR) is 131 cm³/mol. The quantitative estimate of drug-likeness (QED) is 0.425. The number of nitrogens with zero attached hydrogens (tertiary/aromatic N) is 1. The average Bonchev–Trinajstić information content (AvgIpc) is 3.06. The molecule has 6 heteroatoms. The van der Waals surface area contributed by atoms with Crippen molar-refractivity contribution >= 4 is 28.7 Å². The number of hydrogen-bond acceptors (Lipinski definition) is 6. The Bertz CT molecular complexity index is 1260. The molecule has 1 aliphatic rings. The molecular formula is C26H30N4O2. The number of nitrogen functional groups attached to an aromatic ring is 3. The summed E-state index contributed by atoms with van der Waals surface area (Å²) in [5, 5.41) is 0. The van der Waals surface area contributed by atoms with E-state index < -0.39 is 11.6 Å². The van der Waals surface area contributed by atoms with Crippen LogP contribution in [0.5, 0.6) is 0 Å². The molecule has 32 heavy (non-hydrogen) atoms. The van der Waals surface area contributed by atoms with Crippen LogP contribution >= 0.6 is 0 Å². The van der Waals surface area contributed by atoms with Gasteiger partial charge in [-0.15, -0.1) is 0 Å². The van der Waals surface area contributed by atoms with E-state index >= 15 is 0 Å². The Labute approximate surface area is 189 Å². The number of rotatable bonds is 3. The van der Waals surface area contributed by atoms with E-state index in [1.807, 2.05) is 77.0 Å². The van der Waals surface area contributed by atoms with Crippen LogP contribution in [0.2, 0.25) is 0 Å². The molecular weight excluding hydrogens is 400 g/mol. The molecule has 0 saturated carbocycles. The minimum Gasteiger partial charge on any atom is -0.440 e. The van der Waals surface area contributed by atoms with Gasteiger partial charge >= 0.3 is 5.97 Å². The summed E-state index contributed by atoms with van der Waals surface area (Å²) in [6.45, 7) is 7.76. The number of anilines is 4. The highest BCUT2D eigenvalue weighted by Crippen LogP contribution is 2.52. The Balaban J connectivity index is 2.16. The number of hydrogen-bond donors (Lipinski definition) is 3. The molecule has 3 aromatic rings. The Morgan fingerprint density at radius 2 is 1.47 bits per heavy atom. The summed E-state index contributed by atoms with van der Waals surface area (Å²) in [5.41, 5.74) is 26.9. The van der Waals surface area contributed by atoms with Gasteiger partial charge in [-0.1, -0.05) is 12.1 Å². The Kier molecular flexibility index (Phi) is 4.84. The second-order valence-corrected chi connectivity index (χ2v) is 8.84. The summed E-state index contributed by atoms with van der Waals surface area (Å²) < 4.78 is 6.28. The molecule has 0 radical (unpaired) electrons. The number of benzene rings is 3. The van der Waals surface area contributed by atoms with Crippen LogP contribution < -0.4 is 22.1 Å². The second kappa shape index (κ2) is 7.19. The molecule has 1 unspecified atom stereocenters. The van der Waals surface area contributed by atoms with Crippen LogP contribution in [0, 0.1) is 27.7 Å². The molecule has 0 aliphatic carbocycles. The smallest absolute Gasteiger partial charge is 0.340 e. The van der Waals surface area contributed by atoms with Crippen LogP contribution in [-0.2, 0) is 10.3 Å². The fraction of sp³-hybridized carbons (Fsp3) is 0.269. The van der Waals surface area contributed by atoms with Gasteiger partial charge < -0.3 is 26.8 Å². The lowest BCUT2D eigenvalue weighted by atomic mass is 9.75. The number of ether oxygens (including phenoxy) is 1. The summed E-state index contributed by atoms with van der Waals surface area (Å²) in [6.07, 6.45) is 0. The van der Waals surface area contributed by atoms with Crippen LogP contribution in [0.4, 0.5) is 22.7 Å². The first kappa shape index (κ1) is 21.6. The highest BCUT2D eigenvalue weighted by molar-refractivity contribution is 5.99. The number of aryl methyl sites for hydroxylation is 1. The topological polar surface area (TPSA) is 108 Å². The first-order valence-electron chi connectivity index (χ1n) is 10.6. The third-order valence-electron chi connectivity index (χ3n) is 6.81. The number of fused-ring (bicyclic) bond motifs is 1. The summed E-state index contributed by atoms with van der Waals surface area (Å²) >= 11 is 0. The molecule has 1 heterocycles. The Hall–Kier alpha value is -3.67. The molecule has 4 rings (SSSR count). The monoisotopic (exact) mass is 430 g/mol. The Morgan fingerprint density at radius 1 is 0.844 bits per heavy atom. The SMILES string of the molecule is Cc1cc(C2(c3ccc(N(C)C)cc3)OC(=O)c3cc(N)c(C)c(C)c32)c(N)c(C)c1N. The zero-order valence-electron chi connectivity index (χ0n) is 19.5. The fourth-order valence-electron chi connectivity index (χ4n) is 4.65. The van der Waals surface area contributed by atoms with Gasteiger partial charge in [0.25, 0.3) is 0 Å². The van der Waals surface area contributed by atoms with Crippen LogP contribution in [0.1, 0.15) is 49.3 Å². The van der Waals surface area contributed by atoms with Crippen molar-refractivity contribution in [1.29, 1.82) is 0 Å². The van der Waals surface area contributed by atoms with Gasteiger partial charge in [-0.25, -0.2) is 4.79 Å². The van der Waals surface area contributed by atoms with Crippen LogP contribution in [0.15, 0.2) is 36.4 Å². The average molecular weight is 431 g/mol. The lowest BCUT2D eigenvalue weighted by Gasteiger charge is -2.34. The molecule has 0 spiro atoms. The largest absolute Gasteiger partial charge is 0.440 e. The molecule has 6 nitrogen and oxygen atoms in total. The van der Waals surface area contributed by atoms with Gasteiger partial charge in [0.15, 0.2) is 5.60 Å². The zero-order valence-corrected chi connectivity index (χ0v) is 19.5. The predicted octanol–water partition coefficient (Wildman–Crippen LogP) is 4.20. The molecule has 0 saturated heterocycles. The molecule has 0 bridgehead atoms. The maximum atomic E-state index is 13.2. The van der Waals surface area contributed by atoms with Gasteiger partial charge in [-0.2, -0.15) is 0 Å². The van der Waals surface area contributed by atoms with E-state index in [9.17, 15) is 4.79 Å². The van der Waals surface area contributed by atoms with Gasteiger partial charge in [0.05, 0.1) is 5.56 Å². The number of esters is 1. The van der Waals surface area contributed by atoms with Crippen molar-refractivity contribution in [3.05, 3.63) is 80.9 Å². The molecule has 1 atom stereocenters. The van der Waals surface area contributed by atoms with E-state index in [2.05, 4.69) is 0 Å². The standard InChI is InChI=1S/C26H30N4O2/c1-13-11-20(24(29)16(4)23(13)28)26(17-7-9-18(10-8-17)30(5)6)22-15(3)14(2)21(27)12-19(22)25(31)32-26/h7-12H,27-29H2,1-6H3. The highest BCUT2D eigenvalue weighted by atomic mass is 16.6. The van der Waals surface area contributed by atoms with E-state index in [1.165, 1.54) is 0 Å². The zero-order chi connectivity index (χ0) is 23.5. The third kappa shape index (κ3) is 2.83. The molecule has 0 fully saturated rings. The minimum absolute atomic E-state index is 0.419. The highest BCUT2D eigenvalue weighted by Gasteiger charge is 2.51. The third-order valence-corrected chi connectivity index (χ3v) is 6.81. The van der Waals surface area contributed by atoms with Crippen molar-refractivity contribution in [2.75, 3.05) is 36.2 Å². The molecule has 0 amide bonds. The van der Waals surface area contributed by atoms with Gasteiger partial charge in [0.1, 0.15) is 0 Å². The van der Waals surface area contributed by atoms with Crippen molar-refractivity contribution in [3.63, 3.8) is 0 Å². The summed E-state index contributed by atoms with van der Waals surface area (Å²) in [7, 11) is 3.97. The second-order valence-electron chi connectivity index (χ2n) is 8.84. The van der Waals surface area contributed by atoms with Crippen molar-refractivity contribution in [2.45, 2.75) is 33.3 Å². The van der Waals surface area contributed by atoms with Crippen LogP contribution in [-0.4, -0.2) is 20.1 Å². The summed E-state index contributed by atoms with van der Waals surface area (Å²) in [5.74, 6) is -0.419. The van der Waals surface area contributed by atoms with Crippen LogP contribution in [0.25, 0.3) is 0 Å². The first-order valence-corrected chi connectivity index (χ1v) is 10.6. The molecule has 0 aromatic heterocycles. The first-order chi connectivity index (χ1) is 15.0. The molecule has 166 valence electrons. The maximum Gasteiger partial charge on any atom is 0.340 e. The van der Waals surface area contributed by atoms with Crippen molar-refractivity contribution in [2.24, 2.45) is 0 Å². The van der Waals surface area contributed by atoms with Gasteiger partial charge in [-0.05, 0) is 74.2 Å². The molecule has 6 N–H and O–H groups in total. The molecule has 3 aromatic carbocycles. The van der Waals surface area contributed by atoms with Crippen molar-refractivity contribution < 1.29 is 9.53 Å². The minimum atomic E-state index is -1.20. The van der Waals surface area contributed by atoms with E-state index in [1.54, 1.807) is 6.07 Å². The normalized spacial score (nSPS) is 17.2. The van der Waals surface area contributed by atoms with Gasteiger partial charge in [0, 0.05) is 53.5 Å². The summed E-state index contributed by atoms with van der Waals surface area (Å²) in [4.78, 5) is 15.2. The van der Waals surface area contributed by atoms with E-state index in [0.29, 0.717) is 28.2 Å². The number of cyclic esters (lactones) is 1. The lowest BCUT2D eigenvalue weighted by Crippen LogP contribution is -2.32. The van der Waals surface area contributed by atoms with Crippen molar-refractivity contribution in [3.8, 4) is 0 Å². The van der Waals surface area contributed by atoms with Gasteiger partial charge in [-0.3, -0.25) is 0 Å². The van der Waals surface area contributed by atoms with Gasteiger partial charge in [0.2, 0.25) is 0 Å². The summed E-state index contributed by atoms with van der Waals surface area (Å²) in [6, 6.07) is 11.6. The fourth-order valence-corrected chi connectivity index (χ4v) is 4.65. The van der Waals surface area contributed by atoms with E-state index in [-0.39, 0.29) is 0 Å². The van der Waals surface area contributed by atoms with Crippen LogP contribution in [0.3, 0.4) is 0 Å². The van der Waals surface area contributed by atoms with E-state index in [4.69, 9.17) is 21.9 Å². The number of carbonyl (C=O) groups excluding carboxylic acids is 1. The maximum absolute atomic E-state index is 13.2. The number of nitrogens with two attached hydrogens (primary N) is 3.